The van der Waals surface area contributed by atoms with Gasteiger partial charge < -0.3 is 10.7 Å². The van der Waals surface area contributed by atoms with Gasteiger partial charge in [-0.15, -0.1) is 0 Å². The predicted octanol–water partition coefficient (Wildman–Crippen LogP) is -0.866. The first-order valence-corrected chi connectivity index (χ1v) is 2.77. The van der Waals surface area contributed by atoms with Crippen molar-refractivity contribution in [1.82, 2.24) is 4.98 Å². The largest absolute Gasteiger partial charge is 0.384 e. The van der Waals surface area contributed by atoms with Crippen LogP contribution in [0.3, 0.4) is 0 Å². The third-order valence-corrected chi connectivity index (χ3v) is 1.28. The molecule has 50 valence electrons. The minimum absolute atomic E-state index is 0.116. The van der Waals surface area contributed by atoms with Gasteiger partial charge in [0.15, 0.2) is 0 Å². The quantitative estimate of drug-likeness (QED) is 0.461. The Morgan fingerprint density at radius 3 is 2.18 bits per heavy atom. The molecule has 0 saturated heterocycles. The van der Waals surface area contributed by atoms with E-state index in [0.29, 0.717) is 0 Å². The van der Waals surface area contributed by atoms with Crippen molar-refractivity contribution >= 4 is 19.3 Å². The van der Waals surface area contributed by atoms with Crippen LogP contribution in [0.4, 0.5) is 5.82 Å². The van der Waals surface area contributed by atoms with Crippen molar-refractivity contribution in [2.24, 2.45) is 0 Å². The molecule has 0 fully saturated rings. The number of aromatic amines is 1. The molecule has 0 spiro atoms. The summed E-state index contributed by atoms with van der Waals surface area (Å²) in [5.74, 6) is 0.140. The van der Waals surface area contributed by atoms with E-state index in [0.717, 1.165) is 0 Å². The lowest BCUT2D eigenvalue weighted by atomic mass is 9.99. The number of H-pyrrole nitrogens is 1. The molecule has 4 nitrogen and oxygen atoms in total. The van der Waals surface area contributed by atoms with E-state index in [2.05, 4.69) is 4.98 Å². The van der Waals surface area contributed by atoms with Crippen molar-refractivity contribution in [2.75, 3.05) is 5.73 Å². The molecule has 3 N–H and O–H groups in total. The molecule has 0 atom stereocenters. The van der Waals surface area contributed by atoms with Crippen LogP contribution in [0, 0.1) is 22.7 Å². The van der Waals surface area contributed by atoms with E-state index in [1.54, 1.807) is 12.1 Å². The molecule has 2 radical (unpaired) electrons. The first kappa shape index (κ1) is 7.23. The average molecular weight is 142 g/mol. The highest BCUT2D eigenvalue weighted by Crippen LogP contribution is 2.10. The topological polar surface area (TPSA) is 89.4 Å². The Morgan fingerprint density at radius 2 is 1.82 bits per heavy atom. The van der Waals surface area contributed by atoms with Crippen LogP contribution in [0.2, 0.25) is 0 Å². The predicted molar refractivity (Wildman–Crippen MR) is 40.0 cm³/mol. The molecule has 0 bridgehead atoms. The first-order chi connectivity index (χ1) is 5.20. The molecule has 1 aromatic heterocycles. The van der Waals surface area contributed by atoms with E-state index in [-0.39, 0.29) is 22.5 Å². The standard InChI is InChI=1S/C6H3BN4/c7-5-3(1-8)4(2-9)6(10)11-5/h11H,10H2. The van der Waals surface area contributed by atoms with E-state index in [1.165, 1.54) is 0 Å². The number of nitrogens with zero attached hydrogens (tertiary/aromatic N) is 2. The zero-order valence-corrected chi connectivity index (χ0v) is 5.55. The number of anilines is 1. The molecule has 0 aliphatic heterocycles. The summed E-state index contributed by atoms with van der Waals surface area (Å²) in [7, 11) is 5.32. The molecule has 0 aromatic carbocycles. The number of nitriles is 2. The third-order valence-electron chi connectivity index (χ3n) is 1.28. The SMILES string of the molecule is [B]c1[nH]c(N)c(C#N)c1C#N. The second-order valence-corrected chi connectivity index (χ2v) is 1.93. The van der Waals surface area contributed by atoms with Crippen molar-refractivity contribution < 1.29 is 0 Å². The van der Waals surface area contributed by atoms with Crippen molar-refractivity contribution in [3.63, 3.8) is 0 Å². The normalized spacial score (nSPS) is 8.55. The molecule has 5 heteroatoms. The van der Waals surface area contributed by atoms with Crippen LogP contribution < -0.4 is 11.3 Å². The molecule has 0 aliphatic rings. The van der Waals surface area contributed by atoms with Gasteiger partial charge in [-0.3, -0.25) is 0 Å². The zero-order chi connectivity index (χ0) is 8.43. The second-order valence-electron chi connectivity index (χ2n) is 1.93. The third kappa shape index (κ3) is 0.928. The van der Waals surface area contributed by atoms with Crippen LogP contribution in [-0.4, -0.2) is 12.8 Å². The lowest BCUT2D eigenvalue weighted by Gasteiger charge is -1.82. The average Bonchev–Trinajstić information content (AvgIpc) is 2.24. The molecule has 1 heterocycles. The summed E-state index contributed by atoms with van der Waals surface area (Å²) < 4.78 is 0. The fourth-order valence-corrected chi connectivity index (χ4v) is 0.772. The summed E-state index contributed by atoms with van der Waals surface area (Å²) in [5.41, 5.74) is 5.69. The monoisotopic (exact) mass is 142 g/mol. The molecule has 0 aliphatic carbocycles. The lowest BCUT2D eigenvalue weighted by molar-refractivity contribution is 1.44. The van der Waals surface area contributed by atoms with Crippen LogP contribution >= 0.6 is 0 Å². The molecule has 1 aromatic rings. The van der Waals surface area contributed by atoms with Crippen LogP contribution in [-0.2, 0) is 0 Å². The number of hydrogen-bond donors (Lipinski definition) is 2. The second kappa shape index (κ2) is 2.39. The molecular weight excluding hydrogens is 139 g/mol. The van der Waals surface area contributed by atoms with E-state index in [9.17, 15) is 0 Å². The van der Waals surface area contributed by atoms with Gasteiger partial charge in [0, 0.05) is 0 Å². The lowest BCUT2D eigenvalue weighted by Crippen LogP contribution is -2.07. The van der Waals surface area contributed by atoms with Gasteiger partial charge in [-0.2, -0.15) is 10.5 Å². The summed E-state index contributed by atoms with van der Waals surface area (Å²) in [5, 5.41) is 17.0. The summed E-state index contributed by atoms with van der Waals surface area (Å²) in [6, 6.07) is 3.55. The van der Waals surface area contributed by atoms with E-state index in [1.807, 2.05) is 0 Å². The fraction of sp³-hybridized carbons (Fsp3) is 0. The van der Waals surface area contributed by atoms with Gasteiger partial charge in [0.25, 0.3) is 0 Å². The minimum Gasteiger partial charge on any atom is -0.384 e. The van der Waals surface area contributed by atoms with E-state index < -0.39 is 0 Å². The van der Waals surface area contributed by atoms with Crippen LogP contribution in [0.5, 0.6) is 0 Å². The van der Waals surface area contributed by atoms with Crippen molar-refractivity contribution in [2.45, 2.75) is 0 Å². The van der Waals surface area contributed by atoms with E-state index >= 15 is 0 Å². The highest BCUT2D eigenvalue weighted by molar-refractivity contribution is 6.33. The minimum atomic E-state index is 0.116. The van der Waals surface area contributed by atoms with Crippen molar-refractivity contribution in [3.05, 3.63) is 11.1 Å². The highest BCUT2D eigenvalue weighted by atomic mass is 14.9. The van der Waals surface area contributed by atoms with Gasteiger partial charge in [-0.05, 0) is 5.59 Å². The number of aromatic nitrogens is 1. The molecule has 0 saturated carbocycles. The maximum Gasteiger partial charge on any atom is 0.140 e. The molecule has 0 amide bonds. The Balaban J connectivity index is 3.47. The zero-order valence-electron chi connectivity index (χ0n) is 5.55. The number of rotatable bonds is 0. The maximum atomic E-state index is 8.49. The Hall–Kier alpha value is -1.88. The van der Waals surface area contributed by atoms with Gasteiger partial charge in [-0.1, -0.05) is 0 Å². The Kier molecular flexibility index (Phi) is 1.57. The number of nitrogens with two attached hydrogens (primary N) is 1. The number of nitrogens with one attached hydrogen (secondary N) is 1. The first-order valence-electron chi connectivity index (χ1n) is 2.77. The molecular formula is C6H3BN4. The molecule has 1 rings (SSSR count). The van der Waals surface area contributed by atoms with Gasteiger partial charge in [0.2, 0.25) is 0 Å². The molecule has 0 unspecified atom stereocenters. The van der Waals surface area contributed by atoms with Gasteiger partial charge in [0.1, 0.15) is 31.4 Å². The van der Waals surface area contributed by atoms with E-state index in [4.69, 9.17) is 24.1 Å². The summed E-state index contributed by atoms with van der Waals surface area (Å²) in [4.78, 5) is 2.49. The van der Waals surface area contributed by atoms with Gasteiger partial charge in [-0.25, -0.2) is 0 Å². The fourth-order valence-electron chi connectivity index (χ4n) is 0.772. The number of nitrogen functional groups attached to an aromatic ring is 1. The summed E-state index contributed by atoms with van der Waals surface area (Å²) in [6.07, 6.45) is 0. The Morgan fingerprint density at radius 1 is 1.27 bits per heavy atom. The van der Waals surface area contributed by atoms with Crippen LogP contribution in [0.25, 0.3) is 0 Å². The van der Waals surface area contributed by atoms with Crippen LogP contribution in [0.15, 0.2) is 0 Å². The Bertz CT molecular complexity index is 331. The van der Waals surface area contributed by atoms with Gasteiger partial charge >= 0.3 is 0 Å². The smallest absolute Gasteiger partial charge is 0.140 e. The Labute approximate surface area is 64.6 Å². The maximum absolute atomic E-state index is 8.49. The number of hydrogen-bond acceptors (Lipinski definition) is 3. The summed E-state index contributed by atoms with van der Waals surface area (Å²) >= 11 is 0. The molecule has 11 heavy (non-hydrogen) atoms. The highest BCUT2D eigenvalue weighted by Gasteiger charge is 2.10. The summed E-state index contributed by atoms with van der Waals surface area (Å²) in [6.45, 7) is 0. The van der Waals surface area contributed by atoms with Crippen LogP contribution in [0.1, 0.15) is 11.1 Å². The van der Waals surface area contributed by atoms with Crippen molar-refractivity contribution in [1.29, 1.82) is 10.5 Å². The van der Waals surface area contributed by atoms with Gasteiger partial charge in [0.05, 0.1) is 5.56 Å². The van der Waals surface area contributed by atoms with Crippen molar-refractivity contribution in [3.8, 4) is 12.1 Å².